The molecule has 0 radical (unpaired) electrons. The van der Waals surface area contributed by atoms with E-state index in [0.29, 0.717) is 32.0 Å². The molecule has 2 rings (SSSR count). The van der Waals surface area contributed by atoms with E-state index in [4.69, 9.17) is 14.2 Å². The number of carbonyl (C=O) groups excluding carboxylic acids is 2. The zero-order valence-corrected chi connectivity index (χ0v) is 13.0. The Hall–Kier alpha value is -2.08. The second-order valence-electron chi connectivity index (χ2n) is 4.74. The van der Waals surface area contributed by atoms with Crippen molar-refractivity contribution < 1.29 is 23.8 Å². The molecule has 0 saturated carbocycles. The minimum absolute atomic E-state index is 0.240. The first-order valence-corrected chi connectivity index (χ1v) is 7.49. The molecule has 0 aliphatic carbocycles. The average molecular weight is 307 g/mol. The van der Waals surface area contributed by atoms with Crippen LogP contribution in [-0.4, -0.2) is 51.5 Å². The topological polar surface area (TPSA) is 65.1 Å². The molecule has 1 aromatic rings. The maximum atomic E-state index is 12.3. The Morgan fingerprint density at radius 3 is 2.36 bits per heavy atom. The van der Waals surface area contributed by atoms with Crippen LogP contribution in [0.15, 0.2) is 18.2 Å². The number of hydrogen-bond donors (Lipinski definition) is 0. The molecule has 22 heavy (non-hydrogen) atoms. The van der Waals surface area contributed by atoms with Crippen LogP contribution < -0.4 is 4.90 Å². The number of rotatable bonds is 5. The number of hydrogen-bond acceptors (Lipinski definition) is 6. The second-order valence-corrected chi connectivity index (χ2v) is 4.74. The lowest BCUT2D eigenvalue weighted by atomic mass is 10.0. The van der Waals surface area contributed by atoms with Crippen molar-refractivity contribution in [3.8, 4) is 0 Å². The molecule has 0 atom stereocenters. The minimum atomic E-state index is -0.513. The van der Waals surface area contributed by atoms with E-state index in [2.05, 4.69) is 0 Å². The van der Waals surface area contributed by atoms with Crippen molar-refractivity contribution in [1.29, 1.82) is 0 Å². The largest absolute Gasteiger partial charge is 0.462 e. The molecule has 0 amide bonds. The van der Waals surface area contributed by atoms with Crippen molar-refractivity contribution in [3.63, 3.8) is 0 Å². The summed E-state index contributed by atoms with van der Waals surface area (Å²) in [5, 5.41) is 0. The SMILES string of the molecule is CCOC(=O)c1cccc(N2CCOCC2)c1C(=O)OCC. The zero-order valence-electron chi connectivity index (χ0n) is 13.0. The van der Waals surface area contributed by atoms with Crippen molar-refractivity contribution in [2.45, 2.75) is 13.8 Å². The number of esters is 2. The summed E-state index contributed by atoms with van der Waals surface area (Å²) < 4.78 is 15.5. The monoisotopic (exact) mass is 307 g/mol. The Labute approximate surface area is 129 Å². The van der Waals surface area contributed by atoms with Gasteiger partial charge in [-0.15, -0.1) is 0 Å². The van der Waals surface area contributed by atoms with E-state index in [-0.39, 0.29) is 24.3 Å². The van der Waals surface area contributed by atoms with Crippen molar-refractivity contribution in [3.05, 3.63) is 29.3 Å². The van der Waals surface area contributed by atoms with Gasteiger partial charge in [-0.25, -0.2) is 9.59 Å². The van der Waals surface area contributed by atoms with Gasteiger partial charge in [0.25, 0.3) is 0 Å². The van der Waals surface area contributed by atoms with Gasteiger partial charge in [0, 0.05) is 13.1 Å². The fourth-order valence-electron chi connectivity index (χ4n) is 2.40. The van der Waals surface area contributed by atoms with Crippen LogP contribution in [0.5, 0.6) is 0 Å². The van der Waals surface area contributed by atoms with Gasteiger partial charge in [-0.2, -0.15) is 0 Å². The number of nitrogens with zero attached hydrogens (tertiary/aromatic N) is 1. The Balaban J connectivity index is 2.44. The first-order valence-electron chi connectivity index (χ1n) is 7.49. The number of carbonyl (C=O) groups is 2. The molecule has 0 aromatic heterocycles. The molecule has 1 heterocycles. The van der Waals surface area contributed by atoms with Gasteiger partial charge in [-0.3, -0.25) is 0 Å². The molecular weight excluding hydrogens is 286 g/mol. The summed E-state index contributed by atoms with van der Waals surface area (Å²) in [5.41, 5.74) is 1.20. The summed E-state index contributed by atoms with van der Waals surface area (Å²) >= 11 is 0. The van der Waals surface area contributed by atoms with Crippen LogP contribution in [0.3, 0.4) is 0 Å². The van der Waals surface area contributed by atoms with E-state index < -0.39 is 11.9 Å². The Kier molecular flexibility index (Phi) is 5.77. The molecule has 0 N–H and O–H groups in total. The third kappa shape index (κ3) is 3.57. The van der Waals surface area contributed by atoms with Crippen molar-refractivity contribution in [2.75, 3.05) is 44.4 Å². The standard InChI is InChI=1S/C16H21NO5/c1-3-21-15(18)12-6-5-7-13(14(12)16(19)22-4-2)17-8-10-20-11-9-17/h5-7H,3-4,8-11H2,1-2H3. The summed E-state index contributed by atoms with van der Waals surface area (Å²) in [7, 11) is 0. The van der Waals surface area contributed by atoms with Crippen LogP contribution in [0.1, 0.15) is 34.6 Å². The van der Waals surface area contributed by atoms with Crippen LogP contribution in [0.25, 0.3) is 0 Å². The average Bonchev–Trinajstić information content (AvgIpc) is 2.55. The van der Waals surface area contributed by atoms with Crippen LogP contribution in [0.2, 0.25) is 0 Å². The molecule has 1 aliphatic rings. The van der Waals surface area contributed by atoms with Crippen molar-refractivity contribution in [1.82, 2.24) is 0 Å². The number of anilines is 1. The van der Waals surface area contributed by atoms with E-state index in [1.807, 2.05) is 11.0 Å². The molecule has 0 bridgehead atoms. The normalized spacial score (nSPS) is 14.5. The van der Waals surface area contributed by atoms with Gasteiger partial charge in [0.05, 0.1) is 43.2 Å². The van der Waals surface area contributed by atoms with E-state index in [9.17, 15) is 9.59 Å². The van der Waals surface area contributed by atoms with Gasteiger partial charge in [-0.05, 0) is 26.0 Å². The maximum Gasteiger partial charge on any atom is 0.341 e. The molecule has 120 valence electrons. The summed E-state index contributed by atoms with van der Waals surface area (Å²) in [6, 6.07) is 5.16. The third-order valence-electron chi connectivity index (χ3n) is 3.37. The fourth-order valence-corrected chi connectivity index (χ4v) is 2.40. The minimum Gasteiger partial charge on any atom is -0.462 e. The number of ether oxygens (including phenoxy) is 3. The number of morpholine rings is 1. The molecule has 0 unspecified atom stereocenters. The van der Waals surface area contributed by atoms with Gasteiger partial charge in [0.1, 0.15) is 0 Å². The Morgan fingerprint density at radius 1 is 1.09 bits per heavy atom. The molecule has 1 aliphatic heterocycles. The summed E-state index contributed by atoms with van der Waals surface area (Å²) in [6.07, 6.45) is 0. The Morgan fingerprint density at radius 2 is 1.73 bits per heavy atom. The predicted molar refractivity (Wildman–Crippen MR) is 81.4 cm³/mol. The number of benzene rings is 1. The molecule has 6 nitrogen and oxygen atoms in total. The maximum absolute atomic E-state index is 12.3. The smallest absolute Gasteiger partial charge is 0.341 e. The zero-order chi connectivity index (χ0) is 15.9. The van der Waals surface area contributed by atoms with Crippen molar-refractivity contribution >= 4 is 17.6 Å². The summed E-state index contributed by atoms with van der Waals surface area (Å²) in [5.74, 6) is -1.02. The third-order valence-corrected chi connectivity index (χ3v) is 3.37. The van der Waals surface area contributed by atoms with Gasteiger partial charge in [-0.1, -0.05) is 6.07 Å². The van der Waals surface area contributed by atoms with E-state index in [1.165, 1.54) is 0 Å². The van der Waals surface area contributed by atoms with Gasteiger partial charge in [0.15, 0.2) is 0 Å². The molecule has 1 saturated heterocycles. The van der Waals surface area contributed by atoms with Crippen LogP contribution in [-0.2, 0) is 14.2 Å². The second kappa shape index (κ2) is 7.79. The highest BCUT2D eigenvalue weighted by Crippen LogP contribution is 2.26. The molecule has 1 fully saturated rings. The molecule has 0 spiro atoms. The Bertz CT molecular complexity index is 537. The lowest BCUT2D eigenvalue weighted by Gasteiger charge is -2.30. The first-order chi connectivity index (χ1) is 10.7. The highest BCUT2D eigenvalue weighted by Gasteiger charge is 2.26. The lowest BCUT2D eigenvalue weighted by molar-refractivity contribution is 0.0479. The first kappa shape index (κ1) is 16.3. The van der Waals surface area contributed by atoms with Gasteiger partial charge < -0.3 is 19.1 Å². The lowest BCUT2D eigenvalue weighted by Crippen LogP contribution is -2.37. The summed E-state index contributed by atoms with van der Waals surface area (Å²) in [6.45, 7) is 6.48. The quantitative estimate of drug-likeness (QED) is 0.774. The van der Waals surface area contributed by atoms with E-state index >= 15 is 0 Å². The molecule has 1 aromatic carbocycles. The van der Waals surface area contributed by atoms with Crippen molar-refractivity contribution in [2.24, 2.45) is 0 Å². The van der Waals surface area contributed by atoms with E-state index in [1.54, 1.807) is 26.0 Å². The van der Waals surface area contributed by atoms with Crippen LogP contribution >= 0.6 is 0 Å². The predicted octanol–water partition coefficient (Wildman–Crippen LogP) is 1.88. The molecular formula is C16H21NO5. The molecule has 6 heteroatoms. The van der Waals surface area contributed by atoms with Gasteiger partial charge >= 0.3 is 11.9 Å². The summed E-state index contributed by atoms with van der Waals surface area (Å²) in [4.78, 5) is 26.5. The van der Waals surface area contributed by atoms with Gasteiger partial charge in [0.2, 0.25) is 0 Å². The fraction of sp³-hybridized carbons (Fsp3) is 0.500. The van der Waals surface area contributed by atoms with Crippen LogP contribution in [0, 0.1) is 0 Å². The highest BCUT2D eigenvalue weighted by atomic mass is 16.5. The van der Waals surface area contributed by atoms with Crippen LogP contribution in [0.4, 0.5) is 5.69 Å². The highest BCUT2D eigenvalue weighted by molar-refractivity contribution is 6.07. The van der Waals surface area contributed by atoms with E-state index in [0.717, 1.165) is 0 Å².